The number of aromatic nitrogens is 2. The molecule has 1 aliphatic heterocycles. The highest BCUT2D eigenvalue weighted by Gasteiger charge is 2.13. The molecular formula is C16H21N3. The van der Waals surface area contributed by atoms with Crippen LogP contribution in [0.4, 0.5) is 0 Å². The van der Waals surface area contributed by atoms with Crippen LogP contribution in [0.5, 0.6) is 0 Å². The van der Waals surface area contributed by atoms with Crippen molar-refractivity contribution in [3.63, 3.8) is 0 Å². The molecule has 2 heterocycles. The zero-order valence-electron chi connectivity index (χ0n) is 11.5. The van der Waals surface area contributed by atoms with Crippen LogP contribution in [0.2, 0.25) is 0 Å². The van der Waals surface area contributed by atoms with Crippen molar-refractivity contribution in [3.8, 4) is 5.69 Å². The largest absolute Gasteiger partial charge is 0.314 e. The lowest BCUT2D eigenvalue weighted by atomic mass is 9.97. The van der Waals surface area contributed by atoms with Crippen molar-refractivity contribution in [2.24, 2.45) is 0 Å². The number of nitrogens with zero attached hydrogens (tertiary/aromatic N) is 2. The van der Waals surface area contributed by atoms with E-state index in [4.69, 9.17) is 0 Å². The van der Waals surface area contributed by atoms with Gasteiger partial charge in [-0.25, -0.2) is 4.98 Å². The minimum Gasteiger partial charge on any atom is -0.314 e. The summed E-state index contributed by atoms with van der Waals surface area (Å²) in [6.07, 6.45) is 8.98. The van der Waals surface area contributed by atoms with Crippen LogP contribution in [0.3, 0.4) is 0 Å². The summed E-state index contributed by atoms with van der Waals surface area (Å²) < 4.78 is 2.14. The molecular weight excluding hydrogens is 234 g/mol. The summed E-state index contributed by atoms with van der Waals surface area (Å²) in [7, 11) is 0. The van der Waals surface area contributed by atoms with Crippen LogP contribution >= 0.6 is 0 Å². The first-order valence-electron chi connectivity index (χ1n) is 7.15. The molecule has 3 rings (SSSR count). The number of imidazole rings is 1. The monoisotopic (exact) mass is 255 g/mol. The Labute approximate surface area is 114 Å². The second-order valence-corrected chi connectivity index (χ2v) is 5.37. The third kappa shape index (κ3) is 2.87. The lowest BCUT2D eigenvalue weighted by Gasteiger charge is -2.23. The van der Waals surface area contributed by atoms with E-state index in [-0.39, 0.29) is 0 Å². The highest BCUT2D eigenvalue weighted by molar-refractivity contribution is 5.37. The van der Waals surface area contributed by atoms with Crippen molar-refractivity contribution in [2.75, 3.05) is 6.54 Å². The number of hydrogen-bond donors (Lipinski definition) is 1. The molecule has 1 aromatic carbocycles. The Kier molecular flexibility index (Phi) is 3.65. The van der Waals surface area contributed by atoms with E-state index >= 15 is 0 Å². The van der Waals surface area contributed by atoms with Gasteiger partial charge < -0.3 is 9.88 Å². The molecule has 100 valence electrons. The minimum atomic E-state index is 0.646. The normalized spacial score (nSPS) is 19.5. The zero-order valence-corrected chi connectivity index (χ0v) is 11.5. The number of benzene rings is 1. The first kappa shape index (κ1) is 12.4. The Morgan fingerprint density at radius 3 is 3.05 bits per heavy atom. The van der Waals surface area contributed by atoms with Gasteiger partial charge >= 0.3 is 0 Å². The van der Waals surface area contributed by atoms with E-state index in [1.165, 1.54) is 37.1 Å². The fourth-order valence-electron chi connectivity index (χ4n) is 2.87. The van der Waals surface area contributed by atoms with Gasteiger partial charge in [0, 0.05) is 24.1 Å². The summed E-state index contributed by atoms with van der Waals surface area (Å²) in [5.41, 5.74) is 2.62. The highest BCUT2D eigenvalue weighted by Crippen LogP contribution is 2.16. The quantitative estimate of drug-likeness (QED) is 0.914. The van der Waals surface area contributed by atoms with Gasteiger partial charge in [0.1, 0.15) is 5.82 Å². The number of piperidine rings is 1. The van der Waals surface area contributed by atoms with Crippen LogP contribution in [0.25, 0.3) is 5.69 Å². The van der Waals surface area contributed by atoms with E-state index in [1.807, 2.05) is 19.3 Å². The molecule has 0 bridgehead atoms. The molecule has 1 N–H and O–H groups in total. The second-order valence-electron chi connectivity index (χ2n) is 5.37. The fourth-order valence-corrected chi connectivity index (χ4v) is 2.87. The van der Waals surface area contributed by atoms with E-state index in [2.05, 4.69) is 39.1 Å². The average Bonchev–Trinajstić information content (AvgIpc) is 2.86. The van der Waals surface area contributed by atoms with E-state index in [0.717, 1.165) is 12.2 Å². The van der Waals surface area contributed by atoms with Gasteiger partial charge in [-0.2, -0.15) is 0 Å². The molecule has 1 aliphatic rings. The van der Waals surface area contributed by atoms with E-state index < -0.39 is 0 Å². The van der Waals surface area contributed by atoms with Gasteiger partial charge in [-0.3, -0.25) is 0 Å². The van der Waals surface area contributed by atoms with Gasteiger partial charge in [0.05, 0.1) is 0 Å². The maximum Gasteiger partial charge on any atom is 0.110 e. The molecule has 0 radical (unpaired) electrons. The third-order valence-corrected chi connectivity index (χ3v) is 3.91. The molecule has 1 aromatic heterocycles. The molecule has 2 aromatic rings. The summed E-state index contributed by atoms with van der Waals surface area (Å²) in [4.78, 5) is 4.29. The Morgan fingerprint density at radius 2 is 2.32 bits per heavy atom. The molecule has 1 atom stereocenters. The van der Waals surface area contributed by atoms with Crippen LogP contribution in [-0.4, -0.2) is 22.1 Å². The predicted octanol–water partition coefficient (Wildman–Crippen LogP) is 2.87. The number of aryl methyl sites for hydroxylation is 1. The topological polar surface area (TPSA) is 29.9 Å². The van der Waals surface area contributed by atoms with Gasteiger partial charge in [0.15, 0.2) is 0 Å². The SMILES string of the molecule is Cc1nccn1-c1cccc(CC2CCCCN2)c1. The molecule has 0 aliphatic carbocycles. The molecule has 1 fully saturated rings. The van der Waals surface area contributed by atoms with Gasteiger partial charge in [0.2, 0.25) is 0 Å². The molecule has 0 spiro atoms. The summed E-state index contributed by atoms with van der Waals surface area (Å²) in [5, 5.41) is 3.61. The zero-order chi connectivity index (χ0) is 13.1. The number of hydrogen-bond acceptors (Lipinski definition) is 2. The minimum absolute atomic E-state index is 0.646. The maximum absolute atomic E-state index is 4.29. The molecule has 3 heteroatoms. The van der Waals surface area contributed by atoms with Crippen molar-refractivity contribution in [1.82, 2.24) is 14.9 Å². The molecule has 0 amide bonds. The second kappa shape index (κ2) is 5.57. The Morgan fingerprint density at radius 1 is 1.37 bits per heavy atom. The van der Waals surface area contributed by atoms with E-state index in [0.29, 0.717) is 6.04 Å². The van der Waals surface area contributed by atoms with Gasteiger partial charge in [0.25, 0.3) is 0 Å². The van der Waals surface area contributed by atoms with Gasteiger partial charge in [-0.1, -0.05) is 18.6 Å². The average molecular weight is 255 g/mol. The maximum atomic E-state index is 4.29. The number of nitrogens with one attached hydrogen (secondary N) is 1. The smallest absolute Gasteiger partial charge is 0.110 e. The lowest BCUT2D eigenvalue weighted by molar-refractivity contribution is 0.399. The summed E-state index contributed by atoms with van der Waals surface area (Å²) in [6.45, 7) is 3.21. The fraction of sp³-hybridized carbons (Fsp3) is 0.438. The van der Waals surface area contributed by atoms with Crippen molar-refractivity contribution in [3.05, 3.63) is 48.0 Å². The van der Waals surface area contributed by atoms with Crippen molar-refractivity contribution in [2.45, 2.75) is 38.6 Å². The van der Waals surface area contributed by atoms with Crippen molar-refractivity contribution in [1.29, 1.82) is 0 Å². The summed E-state index contributed by atoms with van der Waals surface area (Å²) >= 11 is 0. The van der Waals surface area contributed by atoms with Crippen molar-refractivity contribution >= 4 is 0 Å². The van der Waals surface area contributed by atoms with E-state index in [9.17, 15) is 0 Å². The Hall–Kier alpha value is -1.61. The summed E-state index contributed by atoms with van der Waals surface area (Å²) in [5.74, 6) is 1.04. The predicted molar refractivity (Wildman–Crippen MR) is 77.6 cm³/mol. The molecule has 3 nitrogen and oxygen atoms in total. The van der Waals surface area contributed by atoms with Crippen LogP contribution in [0, 0.1) is 6.92 Å². The molecule has 1 unspecified atom stereocenters. The van der Waals surface area contributed by atoms with Crippen LogP contribution in [0.15, 0.2) is 36.7 Å². The molecule has 1 saturated heterocycles. The third-order valence-electron chi connectivity index (χ3n) is 3.91. The molecule has 19 heavy (non-hydrogen) atoms. The lowest BCUT2D eigenvalue weighted by Crippen LogP contribution is -2.35. The first-order chi connectivity index (χ1) is 9.33. The Bertz CT molecular complexity index is 538. The van der Waals surface area contributed by atoms with Crippen molar-refractivity contribution < 1.29 is 0 Å². The van der Waals surface area contributed by atoms with Gasteiger partial charge in [-0.05, 0) is 50.4 Å². The van der Waals surface area contributed by atoms with Crippen LogP contribution < -0.4 is 5.32 Å². The standard InChI is InChI=1S/C16H21N3/c1-13-17-9-10-19(13)16-7-4-5-14(12-16)11-15-6-2-3-8-18-15/h4-5,7,9-10,12,15,18H,2-3,6,8,11H2,1H3. The molecule has 0 saturated carbocycles. The van der Waals surface area contributed by atoms with Gasteiger partial charge in [-0.15, -0.1) is 0 Å². The van der Waals surface area contributed by atoms with Crippen LogP contribution in [-0.2, 0) is 6.42 Å². The first-order valence-corrected chi connectivity index (χ1v) is 7.15. The van der Waals surface area contributed by atoms with Crippen LogP contribution in [0.1, 0.15) is 30.7 Å². The summed E-state index contributed by atoms with van der Waals surface area (Å²) in [6, 6.07) is 9.45. The van der Waals surface area contributed by atoms with E-state index in [1.54, 1.807) is 0 Å². The number of rotatable bonds is 3. The Balaban J connectivity index is 1.78. The highest BCUT2D eigenvalue weighted by atomic mass is 15.1.